The highest BCUT2D eigenvalue weighted by atomic mass is 16.5. The lowest BCUT2D eigenvalue weighted by Crippen LogP contribution is -2.39. The van der Waals surface area contributed by atoms with Crippen LogP contribution in [0.25, 0.3) is 11.5 Å². The van der Waals surface area contributed by atoms with Crippen molar-refractivity contribution in [2.24, 2.45) is 0 Å². The smallest absolute Gasteiger partial charge is 0.234 e. The monoisotopic (exact) mass is 291 g/mol. The number of nitrogens with zero attached hydrogens (tertiary/aromatic N) is 4. The van der Waals surface area contributed by atoms with E-state index in [0.717, 1.165) is 13.0 Å². The van der Waals surface area contributed by atoms with Crippen LogP contribution in [-0.4, -0.2) is 53.8 Å². The summed E-state index contributed by atoms with van der Waals surface area (Å²) in [5, 5.41) is 15.1. The Hall–Kier alpha value is -2.06. The Balaban J connectivity index is 1.81. The molecule has 0 saturated carbocycles. The molecule has 0 aliphatic carbocycles. The summed E-state index contributed by atoms with van der Waals surface area (Å²) in [6, 6.07) is 3.72. The molecule has 8 heteroatoms. The van der Waals surface area contributed by atoms with Gasteiger partial charge in [0.15, 0.2) is 0 Å². The number of hydrogen-bond acceptors (Lipinski definition) is 8. The summed E-state index contributed by atoms with van der Waals surface area (Å²) < 4.78 is 15.8. The first-order chi connectivity index (χ1) is 10.3. The zero-order valence-corrected chi connectivity index (χ0v) is 11.9. The van der Waals surface area contributed by atoms with Crippen LogP contribution in [0.2, 0.25) is 0 Å². The fourth-order valence-corrected chi connectivity index (χ4v) is 2.36. The van der Waals surface area contributed by atoms with E-state index in [-0.39, 0.29) is 12.0 Å². The zero-order valence-electron chi connectivity index (χ0n) is 11.9. The average Bonchev–Trinajstić information content (AvgIpc) is 3.04. The first kappa shape index (κ1) is 13.9. The van der Waals surface area contributed by atoms with Gasteiger partial charge in [0.1, 0.15) is 5.69 Å². The second-order valence-electron chi connectivity index (χ2n) is 4.78. The minimum Gasteiger partial charge on any atom is -0.480 e. The molecule has 2 aromatic rings. The third kappa shape index (κ3) is 2.86. The topological polar surface area (TPSA) is 95.2 Å². The van der Waals surface area contributed by atoms with Gasteiger partial charge in [0.25, 0.3) is 0 Å². The molecular weight excluding hydrogens is 274 g/mol. The van der Waals surface area contributed by atoms with Crippen molar-refractivity contribution in [1.82, 2.24) is 25.7 Å². The van der Waals surface area contributed by atoms with Crippen molar-refractivity contribution < 1.29 is 14.0 Å². The minimum absolute atomic E-state index is 0.0520. The maximum atomic E-state index is 5.50. The van der Waals surface area contributed by atoms with Crippen molar-refractivity contribution in [3.8, 4) is 17.4 Å². The molecular formula is C13H17N5O3. The highest BCUT2D eigenvalue weighted by Gasteiger charge is 2.31. The van der Waals surface area contributed by atoms with E-state index in [0.29, 0.717) is 29.9 Å². The molecule has 112 valence electrons. The highest BCUT2D eigenvalue weighted by Crippen LogP contribution is 2.26. The van der Waals surface area contributed by atoms with E-state index >= 15 is 0 Å². The summed E-state index contributed by atoms with van der Waals surface area (Å²) in [6.45, 7) is 1.31. The summed E-state index contributed by atoms with van der Waals surface area (Å²) in [6.07, 6.45) is 0.918. The fraction of sp³-hybridized carbons (Fsp3) is 0.538. The van der Waals surface area contributed by atoms with Crippen LogP contribution < -0.4 is 10.1 Å². The molecule has 3 rings (SSSR count). The Bertz CT molecular complexity index is 586. The maximum absolute atomic E-state index is 5.50. The van der Waals surface area contributed by atoms with Crippen molar-refractivity contribution in [2.75, 3.05) is 27.4 Å². The number of aromatic nitrogens is 4. The van der Waals surface area contributed by atoms with Crippen LogP contribution in [0.15, 0.2) is 16.7 Å². The maximum Gasteiger partial charge on any atom is 0.234 e. The van der Waals surface area contributed by atoms with Gasteiger partial charge < -0.3 is 19.3 Å². The lowest BCUT2D eigenvalue weighted by molar-refractivity contribution is 0.0516. The van der Waals surface area contributed by atoms with E-state index in [2.05, 4.69) is 25.7 Å². The van der Waals surface area contributed by atoms with Crippen molar-refractivity contribution in [2.45, 2.75) is 18.4 Å². The number of hydrogen-bond donors (Lipinski definition) is 1. The molecule has 1 saturated heterocycles. The summed E-state index contributed by atoms with van der Waals surface area (Å²) in [4.78, 5) is 4.42. The van der Waals surface area contributed by atoms with E-state index in [1.807, 2.05) is 7.05 Å². The zero-order chi connectivity index (χ0) is 14.7. The standard InChI is InChI=1S/C13H17N5O3/c1-14-9-5-6-20-7-8(9)13-15-12(18-21-13)10-3-4-11(19-2)17-16-10/h3-4,8-9,14H,5-7H2,1-2H3. The normalized spacial score (nSPS) is 22.2. The van der Waals surface area contributed by atoms with E-state index in [1.54, 1.807) is 12.1 Å². The Morgan fingerprint density at radius 1 is 1.33 bits per heavy atom. The van der Waals surface area contributed by atoms with Gasteiger partial charge in [-0.2, -0.15) is 4.98 Å². The van der Waals surface area contributed by atoms with Crippen molar-refractivity contribution in [3.63, 3.8) is 0 Å². The molecule has 3 heterocycles. The molecule has 1 aliphatic rings. The van der Waals surface area contributed by atoms with Gasteiger partial charge >= 0.3 is 0 Å². The molecule has 0 bridgehead atoms. The SMILES string of the molecule is CNC1CCOCC1c1nc(-c2ccc(OC)nn2)no1. The lowest BCUT2D eigenvalue weighted by Gasteiger charge is -2.28. The molecule has 2 unspecified atom stereocenters. The first-order valence-electron chi connectivity index (χ1n) is 6.78. The Kier molecular flexibility index (Phi) is 4.07. The Morgan fingerprint density at radius 2 is 2.24 bits per heavy atom. The predicted octanol–water partition coefficient (Wildman–Crippen LogP) is 0.627. The third-order valence-corrected chi connectivity index (χ3v) is 3.56. The van der Waals surface area contributed by atoms with Gasteiger partial charge in [-0.15, -0.1) is 10.2 Å². The molecule has 1 aliphatic heterocycles. The van der Waals surface area contributed by atoms with Gasteiger partial charge in [0.05, 0.1) is 19.6 Å². The molecule has 0 amide bonds. The van der Waals surface area contributed by atoms with Gasteiger partial charge in [-0.05, 0) is 19.5 Å². The van der Waals surface area contributed by atoms with Crippen molar-refractivity contribution in [1.29, 1.82) is 0 Å². The second kappa shape index (κ2) is 6.15. The molecule has 21 heavy (non-hydrogen) atoms. The Labute approximate surface area is 121 Å². The van der Waals surface area contributed by atoms with E-state index < -0.39 is 0 Å². The number of methoxy groups -OCH3 is 1. The first-order valence-corrected chi connectivity index (χ1v) is 6.78. The largest absolute Gasteiger partial charge is 0.480 e. The quantitative estimate of drug-likeness (QED) is 0.876. The number of nitrogens with one attached hydrogen (secondary N) is 1. The Morgan fingerprint density at radius 3 is 2.95 bits per heavy atom. The minimum atomic E-state index is 0.0520. The molecule has 2 atom stereocenters. The lowest BCUT2D eigenvalue weighted by atomic mass is 9.96. The van der Waals surface area contributed by atoms with Crippen LogP contribution in [0.5, 0.6) is 5.88 Å². The van der Waals surface area contributed by atoms with E-state index in [4.69, 9.17) is 14.0 Å². The van der Waals surface area contributed by atoms with Crippen LogP contribution in [-0.2, 0) is 4.74 Å². The fourth-order valence-electron chi connectivity index (χ4n) is 2.36. The molecule has 2 aromatic heterocycles. The molecule has 1 N–H and O–H groups in total. The van der Waals surface area contributed by atoms with Crippen LogP contribution >= 0.6 is 0 Å². The summed E-state index contributed by atoms with van der Waals surface area (Å²) in [7, 11) is 3.46. The summed E-state index contributed by atoms with van der Waals surface area (Å²) in [5.74, 6) is 1.47. The van der Waals surface area contributed by atoms with Gasteiger partial charge in [0, 0.05) is 18.7 Å². The number of ether oxygens (including phenoxy) is 2. The summed E-state index contributed by atoms with van der Waals surface area (Å²) in [5.41, 5.74) is 0.545. The average molecular weight is 291 g/mol. The molecule has 8 nitrogen and oxygen atoms in total. The third-order valence-electron chi connectivity index (χ3n) is 3.56. The predicted molar refractivity (Wildman–Crippen MR) is 72.9 cm³/mol. The van der Waals surface area contributed by atoms with E-state index in [1.165, 1.54) is 7.11 Å². The highest BCUT2D eigenvalue weighted by molar-refractivity contribution is 5.47. The van der Waals surface area contributed by atoms with Gasteiger partial charge in [-0.1, -0.05) is 5.16 Å². The van der Waals surface area contributed by atoms with Crippen LogP contribution in [0.3, 0.4) is 0 Å². The molecule has 1 fully saturated rings. The number of rotatable bonds is 4. The molecule has 0 radical (unpaired) electrons. The van der Waals surface area contributed by atoms with E-state index in [9.17, 15) is 0 Å². The second-order valence-corrected chi connectivity index (χ2v) is 4.78. The molecule has 0 aromatic carbocycles. The van der Waals surface area contributed by atoms with Gasteiger partial charge in [-0.25, -0.2) is 0 Å². The van der Waals surface area contributed by atoms with Crippen LogP contribution in [0.1, 0.15) is 18.2 Å². The van der Waals surface area contributed by atoms with Crippen molar-refractivity contribution in [3.05, 3.63) is 18.0 Å². The van der Waals surface area contributed by atoms with Crippen molar-refractivity contribution >= 4 is 0 Å². The van der Waals surface area contributed by atoms with Gasteiger partial charge in [-0.3, -0.25) is 0 Å². The molecule has 0 spiro atoms. The van der Waals surface area contributed by atoms with Gasteiger partial charge in [0.2, 0.25) is 17.6 Å². The summed E-state index contributed by atoms with van der Waals surface area (Å²) >= 11 is 0. The van der Waals surface area contributed by atoms with Crippen LogP contribution in [0, 0.1) is 0 Å². The number of likely N-dealkylation sites (N-methyl/N-ethyl adjacent to an activating group) is 1. The van der Waals surface area contributed by atoms with Crippen LogP contribution in [0.4, 0.5) is 0 Å².